The van der Waals surface area contributed by atoms with E-state index >= 15 is 0 Å². The molecule has 1 heterocycles. The highest BCUT2D eigenvalue weighted by Crippen LogP contribution is 2.36. The molecule has 5 nitrogen and oxygen atoms in total. The minimum absolute atomic E-state index is 0.0574. The monoisotopic (exact) mass is 361 g/mol. The highest BCUT2D eigenvalue weighted by Gasteiger charge is 2.33. The summed E-state index contributed by atoms with van der Waals surface area (Å²) in [4.78, 5) is 14.8. The van der Waals surface area contributed by atoms with Gasteiger partial charge in [-0.2, -0.15) is 0 Å². The zero-order valence-corrected chi connectivity index (χ0v) is 15.6. The second-order valence-corrected chi connectivity index (χ2v) is 7.18. The number of aryl methyl sites for hydroxylation is 1. The van der Waals surface area contributed by atoms with Crippen molar-refractivity contribution in [3.8, 4) is 11.1 Å². The van der Waals surface area contributed by atoms with Crippen LogP contribution >= 0.6 is 0 Å². The van der Waals surface area contributed by atoms with Crippen LogP contribution in [0.3, 0.4) is 0 Å². The van der Waals surface area contributed by atoms with E-state index in [1.165, 1.54) is 0 Å². The van der Waals surface area contributed by atoms with E-state index in [0.29, 0.717) is 17.3 Å². The van der Waals surface area contributed by atoms with Gasteiger partial charge < -0.3 is 9.32 Å². The van der Waals surface area contributed by atoms with Crippen LogP contribution in [0.1, 0.15) is 47.3 Å². The van der Waals surface area contributed by atoms with E-state index in [4.69, 9.17) is 4.42 Å². The Morgan fingerprint density at radius 2 is 1.70 bits per heavy atom. The molecule has 1 saturated carbocycles. The number of rotatable bonds is 4. The molecule has 5 heteroatoms. The predicted octanol–water partition coefficient (Wildman–Crippen LogP) is 4.45. The fourth-order valence-corrected chi connectivity index (χ4v) is 3.82. The maximum absolute atomic E-state index is 12.9. The molecule has 138 valence electrons. The number of hydrogen-bond donors (Lipinski definition) is 0. The van der Waals surface area contributed by atoms with E-state index in [9.17, 15) is 4.79 Å². The minimum atomic E-state index is 0.0574. The van der Waals surface area contributed by atoms with Crippen LogP contribution in [0.4, 0.5) is 0 Å². The second kappa shape index (κ2) is 7.35. The van der Waals surface area contributed by atoms with Crippen molar-refractivity contribution in [1.82, 2.24) is 15.1 Å². The number of carbonyl (C=O) groups excluding carboxylic acids is 1. The van der Waals surface area contributed by atoms with Crippen LogP contribution in [-0.4, -0.2) is 34.1 Å². The van der Waals surface area contributed by atoms with Gasteiger partial charge in [-0.3, -0.25) is 4.79 Å². The van der Waals surface area contributed by atoms with Crippen LogP contribution in [0.25, 0.3) is 11.1 Å². The molecular formula is C22H23N3O2. The molecule has 2 atom stereocenters. The van der Waals surface area contributed by atoms with Crippen LogP contribution in [-0.2, 0) is 0 Å². The Bertz CT molecular complexity index is 918. The van der Waals surface area contributed by atoms with E-state index < -0.39 is 0 Å². The lowest BCUT2D eigenvalue weighted by Gasteiger charge is -2.24. The molecule has 1 aliphatic rings. The van der Waals surface area contributed by atoms with Gasteiger partial charge in [0.05, 0.1) is 0 Å². The van der Waals surface area contributed by atoms with Crippen LogP contribution < -0.4 is 0 Å². The first-order chi connectivity index (χ1) is 13.1. The first kappa shape index (κ1) is 17.5. The van der Waals surface area contributed by atoms with Crippen molar-refractivity contribution in [2.45, 2.75) is 38.1 Å². The Morgan fingerprint density at radius 1 is 1.00 bits per heavy atom. The molecular weight excluding hydrogens is 338 g/mol. The van der Waals surface area contributed by atoms with Crippen molar-refractivity contribution in [1.29, 1.82) is 0 Å². The molecule has 0 N–H and O–H groups in total. The summed E-state index contributed by atoms with van der Waals surface area (Å²) in [6, 6.07) is 18.2. The zero-order valence-electron chi connectivity index (χ0n) is 15.6. The lowest BCUT2D eigenvalue weighted by atomic mass is 10.0. The van der Waals surface area contributed by atoms with Crippen molar-refractivity contribution >= 4 is 5.91 Å². The summed E-state index contributed by atoms with van der Waals surface area (Å²) in [7, 11) is 1.89. The molecule has 4 rings (SSSR count). The minimum Gasteiger partial charge on any atom is -0.425 e. The summed E-state index contributed by atoms with van der Waals surface area (Å²) in [5, 5.41) is 8.06. The quantitative estimate of drug-likeness (QED) is 0.689. The van der Waals surface area contributed by atoms with Gasteiger partial charge in [0.15, 0.2) is 0 Å². The highest BCUT2D eigenvalue weighted by atomic mass is 16.4. The normalized spacial score (nSPS) is 19.2. The number of carbonyl (C=O) groups is 1. The molecule has 1 fully saturated rings. The molecule has 2 unspecified atom stereocenters. The smallest absolute Gasteiger partial charge is 0.253 e. The molecule has 1 amide bonds. The Balaban J connectivity index is 1.43. The van der Waals surface area contributed by atoms with E-state index in [1.807, 2.05) is 54.4 Å². The molecule has 27 heavy (non-hydrogen) atoms. The Morgan fingerprint density at radius 3 is 2.37 bits per heavy atom. The van der Waals surface area contributed by atoms with Gasteiger partial charge in [-0.15, -0.1) is 10.2 Å². The number of amides is 1. The van der Waals surface area contributed by atoms with Gasteiger partial charge in [-0.25, -0.2) is 0 Å². The fourth-order valence-electron chi connectivity index (χ4n) is 3.82. The third kappa shape index (κ3) is 3.63. The third-order valence-corrected chi connectivity index (χ3v) is 5.40. The van der Waals surface area contributed by atoms with Crippen molar-refractivity contribution in [2.24, 2.45) is 0 Å². The maximum atomic E-state index is 12.9. The van der Waals surface area contributed by atoms with Crippen LogP contribution in [0.15, 0.2) is 59.0 Å². The summed E-state index contributed by atoms with van der Waals surface area (Å²) >= 11 is 0. The van der Waals surface area contributed by atoms with E-state index in [1.54, 1.807) is 6.92 Å². The average molecular weight is 361 g/mol. The van der Waals surface area contributed by atoms with Crippen LogP contribution in [0.5, 0.6) is 0 Å². The molecule has 0 aliphatic heterocycles. The zero-order chi connectivity index (χ0) is 18.8. The topological polar surface area (TPSA) is 59.2 Å². The number of aromatic nitrogens is 2. The summed E-state index contributed by atoms with van der Waals surface area (Å²) in [5.41, 5.74) is 2.98. The number of benzene rings is 2. The van der Waals surface area contributed by atoms with Crippen molar-refractivity contribution in [3.05, 3.63) is 71.9 Å². The van der Waals surface area contributed by atoms with E-state index in [2.05, 4.69) is 22.3 Å². The van der Waals surface area contributed by atoms with Gasteiger partial charge in [0, 0.05) is 31.5 Å². The van der Waals surface area contributed by atoms with Gasteiger partial charge in [0.2, 0.25) is 11.8 Å². The molecule has 0 bridgehead atoms. The molecule has 0 radical (unpaired) electrons. The van der Waals surface area contributed by atoms with Gasteiger partial charge in [0.1, 0.15) is 0 Å². The lowest BCUT2D eigenvalue weighted by molar-refractivity contribution is 0.0733. The average Bonchev–Trinajstić information content (AvgIpc) is 3.37. The fraction of sp³-hybridized carbons (Fsp3) is 0.318. The SMILES string of the molecule is Cc1nnc(C2CCC(N(C)C(=O)c3ccc(-c4ccccc4)cc3)C2)o1. The van der Waals surface area contributed by atoms with Crippen molar-refractivity contribution in [3.63, 3.8) is 0 Å². The first-order valence-corrected chi connectivity index (χ1v) is 9.34. The van der Waals surface area contributed by atoms with Crippen molar-refractivity contribution in [2.75, 3.05) is 7.05 Å². The summed E-state index contributed by atoms with van der Waals surface area (Å²) < 4.78 is 5.57. The largest absolute Gasteiger partial charge is 0.425 e. The predicted molar refractivity (Wildman–Crippen MR) is 103 cm³/mol. The van der Waals surface area contributed by atoms with E-state index in [0.717, 1.165) is 30.4 Å². The van der Waals surface area contributed by atoms with Gasteiger partial charge in [-0.05, 0) is 42.5 Å². The van der Waals surface area contributed by atoms with Crippen LogP contribution in [0.2, 0.25) is 0 Å². The Hall–Kier alpha value is -2.95. The molecule has 1 aromatic heterocycles. The van der Waals surface area contributed by atoms with Gasteiger partial charge >= 0.3 is 0 Å². The number of hydrogen-bond acceptors (Lipinski definition) is 4. The maximum Gasteiger partial charge on any atom is 0.253 e. The van der Waals surface area contributed by atoms with E-state index in [-0.39, 0.29) is 17.9 Å². The molecule has 3 aromatic rings. The summed E-state index contributed by atoms with van der Waals surface area (Å²) in [5.74, 6) is 1.59. The summed E-state index contributed by atoms with van der Waals surface area (Å²) in [6.45, 7) is 1.80. The van der Waals surface area contributed by atoms with Gasteiger partial charge in [-0.1, -0.05) is 42.5 Å². The molecule has 0 spiro atoms. The molecule has 1 aliphatic carbocycles. The number of nitrogens with zero attached hydrogens (tertiary/aromatic N) is 3. The second-order valence-electron chi connectivity index (χ2n) is 7.18. The standard InChI is InChI=1S/C22H23N3O2/c1-15-23-24-21(27-15)19-12-13-20(14-19)25(2)22(26)18-10-8-17(9-11-18)16-6-4-3-5-7-16/h3-11,19-20H,12-14H2,1-2H3. The van der Waals surface area contributed by atoms with Gasteiger partial charge in [0.25, 0.3) is 5.91 Å². The van der Waals surface area contributed by atoms with Crippen LogP contribution in [0, 0.1) is 6.92 Å². The Labute approximate surface area is 159 Å². The lowest BCUT2D eigenvalue weighted by Crippen LogP contribution is -2.35. The molecule has 2 aromatic carbocycles. The third-order valence-electron chi connectivity index (χ3n) is 5.40. The highest BCUT2D eigenvalue weighted by molar-refractivity contribution is 5.94. The summed E-state index contributed by atoms with van der Waals surface area (Å²) in [6.07, 6.45) is 2.79. The first-order valence-electron chi connectivity index (χ1n) is 9.34. The Kier molecular flexibility index (Phi) is 4.75. The van der Waals surface area contributed by atoms with Crippen molar-refractivity contribution < 1.29 is 9.21 Å². The molecule has 0 saturated heterocycles.